The van der Waals surface area contributed by atoms with Gasteiger partial charge in [0.15, 0.2) is 0 Å². The number of methoxy groups -OCH3 is 1. The van der Waals surface area contributed by atoms with Crippen molar-refractivity contribution in [3.63, 3.8) is 0 Å². The van der Waals surface area contributed by atoms with Crippen molar-refractivity contribution < 1.29 is 4.74 Å². The van der Waals surface area contributed by atoms with Crippen LogP contribution in [-0.4, -0.2) is 20.4 Å². The number of ether oxygens (including phenoxy) is 1. The Balaban J connectivity index is 0.000000247. The molecule has 0 fully saturated rings. The Morgan fingerprint density at radius 2 is 0.970 bits per heavy atom. The number of rotatable bonds is 6. The van der Waals surface area contributed by atoms with Crippen LogP contribution in [-0.2, 0) is 0 Å². The smallest absolute Gasteiger partial charge is 0.118 e. The van der Waals surface area contributed by atoms with E-state index >= 15 is 0 Å². The first-order valence-corrected chi connectivity index (χ1v) is 13.0. The van der Waals surface area contributed by atoms with Gasteiger partial charge in [-0.05, 0) is 77.1 Å². The van der Waals surface area contributed by atoms with Gasteiger partial charge in [-0.2, -0.15) is 0 Å². The highest BCUT2D eigenvalue weighted by atomic mass is 32.2. The summed E-state index contributed by atoms with van der Waals surface area (Å²) in [5, 5.41) is 3.09. The minimum Gasteiger partial charge on any atom is -0.497 e. The van der Waals surface area contributed by atoms with Gasteiger partial charge in [-0.25, -0.2) is 0 Å². The SMILES string of the molecule is CNc1ccc(C(C)C)cc1.COc1ccc(C(C)C)cc1.CSc1ccc(C(C)C)cc1. The molecular weight excluding hydrogens is 422 g/mol. The largest absolute Gasteiger partial charge is 0.497 e. The van der Waals surface area contributed by atoms with E-state index in [1.165, 1.54) is 27.3 Å². The van der Waals surface area contributed by atoms with Gasteiger partial charge in [0.1, 0.15) is 5.75 Å². The highest BCUT2D eigenvalue weighted by Gasteiger charge is 1.98. The molecule has 3 heteroatoms. The molecule has 3 aromatic carbocycles. The fourth-order valence-corrected chi connectivity index (χ4v) is 3.42. The van der Waals surface area contributed by atoms with Crippen molar-refractivity contribution in [2.24, 2.45) is 0 Å². The quantitative estimate of drug-likeness (QED) is 0.367. The van der Waals surface area contributed by atoms with Crippen LogP contribution in [0, 0.1) is 0 Å². The van der Waals surface area contributed by atoms with Crippen LogP contribution in [0.4, 0.5) is 5.69 Å². The number of anilines is 1. The van der Waals surface area contributed by atoms with E-state index in [1.807, 2.05) is 19.2 Å². The minimum atomic E-state index is 0.598. The van der Waals surface area contributed by atoms with Crippen molar-refractivity contribution in [1.82, 2.24) is 0 Å². The average Bonchev–Trinajstić information content (AvgIpc) is 2.84. The number of hydrogen-bond acceptors (Lipinski definition) is 3. The van der Waals surface area contributed by atoms with Crippen molar-refractivity contribution in [3.05, 3.63) is 89.5 Å². The molecule has 0 aromatic heterocycles. The highest BCUT2D eigenvalue weighted by Crippen LogP contribution is 2.20. The summed E-state index contributed by atoms with van der Waals surface area (Å²) >= 11 is 1.79. The summed E-state index contributed by atoms with van der Waals surface area (Å²) in [6, 6.07) is 25.5. The second-order valence-electron chi connectivity index (χ2n) is 8.88. The first kappa shape index (κ1) is 28.6. The van der Waals surface area contributed by atoms with Crippen LogP contribution < -0.4 is 10.1 Å². The zero-order valence-electron chi connectivity index (χ0n) is 22.0. The van der Waals surface area contributed by atoms with Crippen molar-refractivity contribution in [1.29, 1.82) is 0 Å². The van der Waals surface area contributed by atoms with E-state index < -0.39 is 0 Å². The van der Waals surface area contributed by atoms with Crippen molar-refractivity contribution in [3.8, 4) is 5.75 Å². The Morgan fingerprint density at radius 1 is 0.606 bits per heavy atom. The van der Waals surface area contributed by atoms with E-state index in [4.69, 9.17) is 4.74 Å². The topological polar surface area (TPSA) is 21.3 Å². The van der Waals surface area contributed by atoms with Crippen LogP contribution in [0.2, 0.25) is 0 Å². The standard InChI is InChI=1S/C10H15N.C10H14O.C10H14S/c3*1-8(2)9-4-6-10(11-3)7-5-9/h4-8,11H,1-3H3;2*4-8H,1-3H3. The van der Waals surface area contributed by atoms with Crippen molar-refractivity contribution in [2.75, 3.05) is 25.7 Å². The van der Waals surface area contributed by atoms with Gasteiger partial charge in [-0.1, -0.05) is 77.9 Å². The maximum Gasteiger partial charge on any atom is 0.118 e. The summed E-state index contributed by atoms with van der Waals surface area (Å²) in [5.41, 5.74) is 5.34. The fraction of sp³-hybridized carbons (Fsp3) is 0.400. The molecule has 0 aliphatic heterocycles. The van der Waals surface area contributed by atoms with Gasteiger partial charge in [-0.3, -0.25) is 0 Å². The van der Waals surface area contributed by atoms with Gasteiger partial charge in [0.2, 0.25) is 0 Å². The van der Waals surface area contributed by atoms with Gasteiger partial charge >= 0.3 is 0 Å². The molecule has 0 amide bonds. The summed E-state index contributed by atoms with van der Waals surface area (Å²) in [6.07, 6.45) is 2.10. The molecular formula is C30H43NOS. The number of nitrogens with one attached hydrogen (secondary N) is 1. The monoisotopic (exact) mass is 465 g/mol. The van der Waals surface area contributed by atoms with Crippen LogP contribution in [0.5, 0.6) is 5.75 Å². The highest BCUT2D eigenvalue weighted by molar-refractivity contribution is 7.98. The molecule has 0 radical (unpaired) electrons. The van der Waals surface area contributed by atoms with Crippen LogP contribution >= 0.6 is 11.8 Å². The third-order valence-corrected chi connectivity index (χ3v) is 6.17. The molecule has 3 rings (SSSR count). The lowest BCUT2D eigenvalue weighted by molar-refractivity contribution is 0.414. The van der Waals surface area contributed by atoms with Gasteiger partial charge in [0.05, 0.1) is 7.11 Å². The lowest BCUT2D eigenvalue weighted by atomic mass is 10.0. The lowest BCUT2D eigenvalue weighted by Gasteiger charge is -2.05. The van der Waals surface area contributed by atoms with E-state index in [0.717, 1.165) is 5.75 Å². The van der Waals surface area contributed by atoms with Gasteiger partial charge in [0, 0.05) is 17.6 Å². The molecule has 0 saturated carbocycles. The van der Waals surface area contributed by atoms with E-state index in [0.29, 0.717) is 17.8 Å². The maximum atomic E-state index is 5.05. The Hall–Kier alpha value is -2.39. The second kappa shape index (κ2) is 15.4. The molecule has 0 spiro atoms. The van der Waals surface area contributed by atoms with Gasteiger partial charge < -0.3 is 10.1 Å². The first-order chi connectivity index (χ1) is 15.7. The summed E-state index contributed by atoms with van der Waals surface area (Å²) in [7, 11) is 3.62. The summed E-state index contributed by atoms with van der Waals surface area (Å²) in [6.45, 7) is 13.2. The van der Waals surface area contributed by atoms with Crippen LogP contribution in [0.25, 0.3) is 0 Å². The van der Waals surface area contributed by atoms with Gasteiger partial charge in [0.25, 0.3) is 0 Å². The molecule has 0 aliphatic carbocycles. The zero-order chi connectivity index (χ0) is 24.8. The Morgan fingerprint density at radius 3 is 1.27 bits per heavy atom. The summed E-state index contributed by atoms with van der Waals surface area (Å²) < 4.78 is 5.05. The molecule has 0 bridgehead atoms. The number of hydrogen-bond donors (Lipinski definition) is 1. The average molecular weight is 466 g/mol. The minimum absolute atomic E-state index is 0.598. The molecule has 2 nitrogen and oxygen atoms in total. The second-order valence-corrected chi connectivity index (χ2v) is 9.76. The normalized spacial score (nSPS) is 10.3. The first-order valence-electron chi connectivity index (χ1n) is 11.8. The molecule has 3 aromatic rings. The lowest BCUT2D eigenvalue weighted by Crippen LogP contribution is -1.90. The van der Waals surface area contributed by atoms with E-state index in [2.05, 4.69) is 114 Å². The van der Waals surface area contributed by atoms with Crippen LogP contribution in [0.1, 0.15) is 76.0 Å². The number of thioether (sulfide) groups is 1. The Labute approximate surface area is 207 Å². The Bertz CT molecular complexity index is 760. The zero-order valence-corrected chi connectivity index (χ0v) is 22.8. The Kier molecular flexibility index (Phi) is 13.4. The molecule has 0 aliphatic rings. The van der Waals surface area contributed by atoms with Gasteiger partial charge in [-0.15, -0.1) is 11.8 Å². The molecule has 0 saturated heterocycles. The van der Waals surface area contributed by atoms with Crippen LogP contribution in [0.3, 0.4) is 0 Å². The predicted octanol–water partition coefficient (Wildman–Crippen LogP) is 9.20. The maximum absolute atomic E-state index is 5.05. The third-order valence-electron chi connectivity index (χ3n) is 5.43. The predicted molar refractivity (Wildman–Crippen MR) is 149 cm³/mol. The molecule has 0 unspecified atom stereocenters. The van der Waals surface area contributed by atoms with Crippen molar-refractivity contribution in [2.45, 2.75) is 64.2 Å². The number of benzene rings is 3. The van der Waals surface area contributed by atoms with Crippen LogP contribution in [0.15, 0.2) is 77.7 Å². The molecule has 1 N–H and O–H groups in total. The molecule has 33 heavy (non-hydrogen) atoms. The molecule has 180 valence electrons. The van der Waals surface area contributed by atoms with E-state index in [-0.39, 0.29) is 0 Å². The fourth-order valence-electron chi connectivity index (χ4n) is 3.01. The van der Waals surface area contributed by atoms with E-state index in [9.17, 15) is 0 Å². The van der Waals surface area contributed by atoms with E-state index in [1.54, 1.807) is 18.9 Å². The molecule has 0 heterocycles. The summed E-state index contributed by atoms with van der Waals surface area (Å²) in [4.78, 5) is 1.34. The summed E-state index contributed by atoms with van der Waals surface area (Å²) in [5.74, 6) is 2.79. The molecule has 0 atom stereocenters. The van der Waals surface area contributed by atoms with Crippen molar-refractivity contribution >= 4 is 17.4 Å². The third kappa shape index (κ3) is 10.9.